The molecule has 1 amide bonds. The van der Waals surface area contributed by atoms with E-state index >= 15 is 0 Å². The quantitative estimate of drug-likeness (QED) is 0.884. The smallest absolute Gasteiger partial charge is 0.258 e. The summed E-state index contributed by atoms with van der Waals surface area (Å²) in [5.41, 5.74) is 1.43. The van der Waals surface area contributed by atoms with Crippen molar-refractivity contribution < 1.29 is 14.3 Å². The summed E-state index contributed by atoms with van der Waals surface area (Å²) in [6.07, 6.45) is 3.35. The molecule has 0 bridgehead atoms. The minimum absolute atomic E-state index is 0.141. The zero-order chi connectivity index (χ0) is 16.7. The van der Waals surface area contributed by atoms with E-state index in [9.17, 15) is 4.79 Å². The molecule has 1 unspecified atom stereocenters. The van der Waals surface area contributed by atoms with Crippen LogP contribution in [0.2, 0.25) is 0 Å². The Morgan fingerprint density at radius 1 is 1.30 bits per heavy atom. The van der Waals surface area contributed by atoms with Crippen molar-refractivity contribution in [3.05, 3.63) is 53.9 Å². The van der Waals surface area contributed by atoms with Gasteiger partial charge in [0, 0.05) is 18.5 Å². The summed E-state index contributed by atoms with van der Waals surface area (Å²) in [7, 11) is 1.48. The summed E-state index contributed by atoms with van der Waals surface area (Å²) >= 11 is 0. The highest BCUT2D eigenvalue weighted by Gasteiger charge is 2.12. The Morgan fingerprint density at radius 2 is 2.04 bits per heavy atom. The molecule has 0 aliphatic heterocycles. The molecule has 1 aromatic carbocycles. The van der Waals surface area contributed by atoms with Crippen LogP contribution in [0.4, 0.5) is 0 Å². The Labute approximate surface area is 134 Å². The van der Waals surface area contributed by atoms with Gasteiger partial charge in [-0.3, -0.25) is 9.78 Å². The summed E-state index contributed by atoms with van der Waals surface area (Å²) in [5.74, 6) is 0.581. The molecule has 0 aliphatic carbocycles. The lowest BCUT2D eigenvalue weighted by molar-refractivity contribution is -0.123. The fraction of sp³-hybridized carbons (Fsp3) is 0.235. The Morgan fingerprint density at radius 3 is 2.70 bits per heavy atom. The van der Waals surface area contributed by atoms with Crippen molar-refractivity contribution >= 4 is 5.91 Å². The minimum atomic E-state index is -0.249. The van der Waals surface area contributed by atoms with Gasteiger partial charge in [0.05, 0.1) is 24.8 Å². The molecule has 6 nitrogen and oxygen atoms in total. The molecule has 0 radical (unpaired) electrons. The number of benzene rings is 1. The molecule has 1 N–H and O–H groups in total. The summed E-state index contributed by atoms with van der Waals surface area (Å²) in [4.78, 5) is 15.9. The van der Waals surface area contributed by atoms with E-state index in [0.29, 0.717) is 17.1 Å². The van der Waals surface area contributed by atoms with Gasteiger partial charge < -0.3 is 14.8 Å². The van der Waals surface area contributed by atoms with Crippen LogP contribution >= 0.6 is 0 Å². The van der Waals surface area contributed by atoms with Crippen molar-refractivity contribution in [2.24, 2.45) is 0 Å². The number of rotatable bonds is 6. The number of aromatic nitrogens is 1. The van der Waals surface area contributed by atoms with E-state index in [4.69, 9.17) is 14.7 Å². The molecule has 2 rings (SSSR count). The van der Waals surface area contributed by atoms with E-state index < -0.39 is 0 Å². The molecule has 0 fully saturated rings. The fourth-order valence-corrected chi connectivity index (χ4v) is 2.02. The Hall–Kier alpha value is -3.07. The number of nitriles is 1. The number of amides is 1. The van der Waals surface area contributed by atoms with E-state index in [1.807, 2.05) is 25.1 Å². The maximum Gasteiger partial charge on any atom is 0.258 e. The molecule has 1 heterocycles. The van der Waals surface area contributed by atoms with Gasteiger partial charge >= 0.3 is 0 Å². The van der Waals surface area contributed by atoms with Gasteiger partial charge in [-0.1, -0.05) is 0 Å². The van der Waals surface area contributed by atoms with Crippen molar-refractivity contribution in [1.29, 1.82) is 5.26 Å². The highest BCUT2D eigenvalue weighted by atomic mass is 16.5. The van der Waals surface area contributed by atoms with E-state index in [1.54, 1.807) is 30.6 Å². The average molecular weight is 311 g/mol. The number of carbonyl (C=O) groups is 1. The highest BCUT2D eigenvalue weighted by Crippen LogP contribution is 2.27. The van der Waals surface area contributed by atoms with Crippen LogP contribution in [0.3, 0.4) is 0 Å². The Balaban J connectivity index is 1.93. The first kappa shape index (κ1) is 16.3. The van der Waals surface area contributed by atoms with Gasteiger partial charge in [-0.15, -0.1) is 0 Å². The summed E-state index contributed by atoms with van der Waals surface area (Å²) in [6, 6.07) is 10.3. The van der Waals surface area contributed by atoms with Gasteiger partial charge in [0.25, 0.3) is 5.91 Å². The van der Waals surface area contributed by atoms with Gasteiger partial charge in [0.1, 0.15) is 0 Å². The summed E-state index contributed by atoms with van der Waals surface area (Å²) in [6.45, 7) is 1.74. The third-order valence-corrected chi connectivity index (χ3v) is 3.24. The predicted molar refractivity (Wildman–Crippen MR) is 84.0 cm³/mol. The van der Waals surface area contributed by atoms with Crippen molar-refractivity contribution in [2.75, 3.05) is 13.7 Å². The normalized spacial score (nSPS) is 11.2. The van der Waals surface area contributed by atoms with Crippen LogP contribution in [-0.4, -0.2) is 24.6 Å². The summed E-state index contributed by atoms with van der Waals surface area (Å²) < 4.78 is 10.6. The van der Waals surface area contributed by atoms with Gasteiger partial charge in [0.15, 0.2) is 18.1 Å². The van der Waals surface area contributed by atoms with Crippen LogP contribution in [0, 0.1) is 11.3 Å². The van der Waals surface area contributed by atoms with Crippen molar-refractivity contribution in [3.8, 4) is 17.6 Å². The molecule has 23 heavy (non-hydrogen) atoms. The number of ether oxygens (including phenoxy) is 2. The topological polar surface area (TPSA) is 84.2 Å². The van der Waals surface area contributed by atoms with E-state index in [-0.39, 0.29) is 18.6 Å². The Kier molecular flexibility index (Phi) is 5.53. The monoisotopic (exact) mass is 311 g/mol. The van der Waals surface area contributed by atoms with Gasteiger partial charge in [-0.25, -0.2) is 0 Å². The molecule has 1 atom stereocenters. The summed E-state index contributed by atoms with van der Waals surface area (Å²) in [5, 5.41) is 11.7. The zero-order valence-corrected chi connectivity index (χ0v) is 12.9. The van der Waals surface area contributed by atoms with E-state index in [2.05, 4.69) is 10.3 Å². The number of hydrogen-bond acceptors (Lipinski definition) is 5. The largest absolute Gasteiger partial charge is 0.493 e. The minimum Gasteiger partial charge on any atom is -0.493 e. The second-order valence-corrected chi connectivity index (χ2v) is 4.84. The van der Waals surface area contributed by atoms with Gasteiger partial charge in [-0.05, 0) is 36.8 Å². The van der Waals surface area contributed by atoms with E-state index in [1.165, 1.54) is 7.11 Å². The van der Waals surface area contributed by atoms with Crippen LogP contribution in [0.25, 0.3) is 0 Å². The molecule has 118 valence electrons. The highest BCUT2D eigenvalue weighted by molar-refractivity contribution is 5.78. The van der Waals surface area contributed by atoms with Crippen LogP contribution in [0.5, 0.6) is 11.5 Å². The first-order valence-electron chi connectivity index (χ1n) is 7.04. The van der Waals surface area contributed by atoms with Crippen molar-refractivity contribution in [1.82, 2.24) is 10.3 Å². The standard InChI is InChI=1S/C17H17N3O3/c1-12(14-5-7-19-8-6-14)20-17(21)11-23-15-4-3-13(10-18)9-16(15)22-2/h3-9,12H,11H2,1-2H3,(H,20,21). The molecule has 0 aliphatic rings. The van der Waals surface area contributed by atoms with Crippen molar-refractivity contribution in [3.63, 3.8) is 0 Å². The number of hydrogen-bond donors (Lipinski definition) is 1. The maximum absolute atomic E-state index is 12.0. The second-order valence-electron chi connectivity index (χ2n) is 4.84. The lowest BCUT2D eigenvalue weighted by Crippen LogP contribution is -2.31. The third-order valence-electron chi connectivity index (χ3n) is 3.24. The molecule has 1 aromatic heterocycles. The van der Waals surface area contributed by atoms with Crippen LogP contribution in [0.1, 0.15) is 24.1 Å². The molecule has 2 aromatic rings. The maximum atomic E-state index is 12.0. The second kappa shape index (κ2) is 7.80. The molecular weight excluding hydrogens is 294 g/mol. The van der Waals surface area contributed by atoms with Crippen LogP contribution < -0.4 is 14.8 Å². The first-order chi connectivity index (χ1) is 11.1. The molecule has 6 heteroatoms. The SMILES string of the molecule is COc1cc(C#N)ccc1OCC(=O)NC(C)c1ccncc1. The predicted octanol–water partition coefficient (Wildman–Crippen LogP) is 2.22. The number of methoxy groups -OCH3 is 1. The number of nitrogens with zero attached hydrogens (tertiary/aromatic N) is 2. The lowest BCUT2D eigenvalue weighted by Gasteiger charge is -2.15. The number of nitrogens with one attached hydrogen (secondary N) is 1. The third kappa shape index (κ3) is 4.45. The van der Waals surface area contributed by atoms with Gasteiger partial charge in [0.2, 0.25) is 0 Å². The van der Waals surface area contributed by atoms with Crippen LogP contribution in [0.15, 0.2) is 42.7 Å². The van der Waals surface area contributed by atoms with Crippen LogP contribution in [-0.2, 0) is 4.79 Å². The fourth-order valence-electron chi connectivity index (χ4n) is 2.02. The number of pyridine rings is 1. The molecule has 0 spiro atoms. The Bertz CT molecular complexity index is 711. The number of carbonyl (C=O) groups excluding carboxylic acids is 1. The molecule has 0 saturated heterocycles. The van der Waals surface area contributed by atoms with E-state index in [0.717, 1.165) is 5.56 Å². The lowest BCUT2D eigenvalue weighted by atomic mass is 10.1. The van der Waals surface area contributed by atoms with Gasteiger partial charge in [-0.2, -0.15) is 5.26 Å². The first-order valence-corrected chi connectivity index (χ1v) is 7.04. The van der Waals surface area contributed by atoms with Crippen molar-refractivity contribution in [2.45, 2.75) is 13.0 Å². The zero-order valence-electron chi connectivity index (χ0n) is 12.9. The molecule has 0 saturated carbocycles. The average Bonchev–Trinajstić information content (AvgIpc) is 2.60. The molecular formula is C17H17N3O3.